The van der Waals surface area contributed by atoms with Crippen molar-refractivity contribution in [2.45, 2.75) is 0 Å². The summed E-state index contributed by atoms with van der Waals surface area (Å²) in [7, 11) is -1.49. The average Bonchev–Trinajstić information content (AvgIpc) is 2.24. The van der Waals surface area contributed by atoms with Gasteiger partial charge in [-0.1, -0.05) is 6.07 Å². The molecule has 1 aromatic rings. The Labute approximate surface area is 106 Å². The van der Waals surface area contributed by atoms with E-state index in [2.05, 4.69) is 0 Å². The third kappa shape index (κ3) is 3.63. The number of benzene rings is 1. The highest BCUT2D eigenvalue weighted by molar-refractivity contribution is 7.90. The number of hydrogen-bond donors (Lipinski definition) is 2. The first kappa shape index (κ1) is 14.3. The fraction of sp³-hybridized carbons (Fsp3) is 0.364. The van der Waals surface area contributed by atoms with Gasteiger partial charge >= 0.3 is 5.97 Å². The van der Waals surface area contributed by atoms with Crippen molar-refractivity contribution in [3.8, 4) is 0 Å². The number of carboxylic acid groups (broad SMARTS) is 1. The number of para-hydroxylation sites is 1. The normalized spacial score (nSPS) is 11.2. The molecular weight excluding hydrogens is 256 g/mol. The Bertz CT molecular complexity index is 554. The molecule has 0 spiro atoms. The molecule has 0 aliphatic rings. The molecule has 0 amide bonds. The predicted octanol–water partition coefficient (Wildman–Crippen LogP) is 0.448. The van der Waals surface area contributed by atoms with E-state index in [0.717, 1.165) is 6.26 Å². The molecule has 0 saturated carbocycles. The largest absolute Gasteiger partial charge is 0.478 e. The van der Waals surface area contributed by atoms with Crippen molar-refractivity contribution >= 4 is 27.2 Å². The molecule has 0 heterocycles. The van der Waals surface area contributed by atoms with Gasteiger partial charge in [0.1, 0.15) is 9.84 Å². The van der Waals surface area contributed by atoms with E-state index < -0.39 is 15.8 Å². The molecule has 3 N–H and O–H groups in total. The van der Waals surface area contributed by atoms with E-state index in [9.17, 15) is 13.2 Å². The zero-order valence-electron chi connectivity index (χ0n) is 10.3. The van der Waals surface area contributed by atoms with E-state index in [1.54, 1.807) is 24.1 Å². The molecule has 0 aliphatic carbocycles. The van der Waals surface area contributed by atoms with Crippen molar-refractivity contribution < 1.29 is 18.3 Å². The van der Waals surface area contributed by atoms with Crippen LogP contribution in [0.1, 0.15) is 10.4 Å². The molecule has 7 heteroatoms. The van der Waals surface area contributed by atoms with E-state index in [1.165, 1.54) is 6.07 Å². The van der Waals surface area contributed by atoms with Gasteiger partial charge < -0.3 is 15.7 Å². The lowest BCUT2D eigenvalue weighted by atomic mass is 10.1. The van der Waals surface area contributed by atoms with Gasteiger partial charge in [0.05, 0.1) is 22.7 Å². The summed E-state index contributed by atoms with van der Waals surface area (Å²) in [5.74, 6) is -1.15. The summed E-state index contributed by atoms with van der Waals surface area (Å²) in [6.45, 7) is 0.188. The van der Waals surface area contributed by atoms with Crippen molar-refractivity contribution in [1.82, 2.24) is 0 Å². The molecule has 0 saturated heterocycles. The molecule has 1 rings (SSSR count). The maximum absolute atomic E-state index is 11.1. The number of carboxylic acids is 1. The van der Waals surface area contributed by atoms with Gasteiger partial charge in [0.25, 0.3) is 0 Å². The first-order chi connectivity index (χ1) is 8.22. The lowest BCUT2D eigenvalue weighted by molar-refractivity contribution is 0.0697. The summed E-state index contributed by atoms with van der Waals surface area (Å²) >= 11 is 0. The molecule has 0 bridgehead atoms. The molecule has 1 aromatic carbocycles. The molecule has 0 aromatic heterocycles. The lowest BCUT2D eigenvalue weighted by Crippen LogP contribution is -2.27. The quantitative estimate of drug-likeness (QED) is 0.755. The fourth-order valence-electron chi connectivity index (χ4n) is 1.57. The van der Waals surface area contributed by atoms with Crippen LogP contribution in [0.5, 0.6) is 0 Å². The Hall–Kier alpha value is -1.76. The minimum Gasteiger partial charge on any atom is -0.478 e. The number of sulfone groups is 1. The van der Waals surface area contributed by atoms with Crippen LogP contribution in [0.4, 0.5) is 11.4 Å². The summed E-state index contributed by atoms with van der Waals surface area (Å²) in [5.41, 5.74) is 6.46. The van der Waals surface area contributed by atoms with E-state index in [4.69, 9.17) is 10.8 Å². The van der Waals surface area contributed by atoms with Crippen LogP contribution >= 0.6 is 0 Å². The van der Waals surface area contributed by atoms with Gasteiger partial charge in [-0.2, -0.15) is 0 Å². The van der Waals surface area contributed by atoms with Crippen molar-refractivity contribution in [3.05, 3.63) is 23.8 Å². The molecule has 0 unspecified atom stereocenters. The molecule has 100 valence electrons. The van der Waals surface area contributed by atoms with Crippen LogP contribution < -0.4 is 10.6 Å². The number of nitrogens with zero attached hydrogens (tertiary/aromatic N) is 1. The highest BCUT2D eigenvalue weighted by Gasteiger charge is 2.17. The topological polar surface area (TPSA) is 101 Å². The third-order valence-electron chi connectivity index (χ3n) is 2.48. The Morgan fingerprint density at radius 1 is 1.44 bits per heavy atom. The van der Waals surface area contributed by atoms with E-state index in [1.807, 2.05) is 0 Å². The second-order valence-electron chi connectivity index (χ2n) is 4.10. The molecular formula is C11H16N2O4S. The van der Waals surface area contributed by atoms with Gasteiger partial charge in [0.2, 0.25) is 0 Å². The Balaban J connectivity index is 3.04. The molecule has 18 heavy (non-hydrogen) atoms. The highest BCUT2D eigenvalue weighted by atomic mass is 32.2. The number of carbonyl (C=O) groups is 1. The minimum atomic E-state index is -3.10. The third-order valence-corrected chi connectivity index (χ3v) is 3.40. The number of anilines is 2. The monoisotopic (exact) mass is 272 g/mol. The molecule has 0 atom stereocenters. The summed E-state index contributed by atoms with van der Waals surface area (Å²) in [4.78, 5) is 12.6. The van der Waals surface area contributed by atoms with Gasteiger partial charge in [0.15, 0.2) is 0 Å². The van der Waals surface area contributed by atoms with Crippen LogP contribution in [0.2, 0.25) is 0 Å². The van der Waals surface area contributed by atoms with Crippen LogP contribution in [-0.4, -0.2) is 45.1 Å². The zero-order valence-corrected chi connectivity index (χ0v) is 11.1. The maximum atomic E-state index is 11.1. The molecule has 0 radical (unpaired) electrons. The summed E-state index contributed by atoms with van der Waals surface area (Å²) < 4.78 is 22.2. The lowest BCUT2D eigenvalue weighted by Gasteiger charge is -2.22. The van der Waals surface area contributed by atoms with Crippen LogP contribution in [0, 0.1) is 0 Å². The van der Waals surface area contributed by atoms with Crippen LogP contribution in [0.25, 0.3) is 0 Å². The molecule has 0 fully saturated rings. The van der Waals surface area contributed by atoms with Crippen LogP contribution in [-0.2, 0) is 9.84 Å². The van der Waals surface area contributed by atoms with Crippen LogP contribution in [0.15, 0.2) is 18.2 Å². The smallest absolute Gasteiger partial charge is 0.337 e. The average molecular weight is 272 g/mol. The van der Waals surface area contributed by atoms with Gasteiger partial charge in [-0.25, -0.2) is 13.2 Å². The maximum Gasteiger partial charge on any atom is 0.337 e. The Morgan fingerprint density at radius 3 is 2.56 bits per heavy atom. The van der Waals surface area contributed by atoms with Gasteiger partial charge in [-0.05, 0) is 12.1 Å². The van der Waals surface area contributed by atoms with Crippen molar-refractivity contribution in [2.75, 3.05) is 36.2 Å². The second kappa shape index (κ2) is 5.26. The van der Waals surface area contributed by atoms with E-state index in [-0.39, 0.29) is 17.9 Å². The SMILES string of the molecule is CN(CCS(C)(=O)=O)c1c(N)cccc1C(=O)O. The first-order valence-corrected chi connectivity index (χ1v) is 7.29. The fourth-order valence-corrected chi connectivity index (χ4v) is 2.18. The van der Waals surface area contributed by atoms with Gasteiger partial charge in [0, 0.05) is 19.8 Å². The van der Waals surface area contributed by atoms with E-state index >= 15 is 0 Å². The van der Waals surface area contributed by atoms with Crippen LogP contribution in [0.3, 0.4) is 0 Å². The summed E-state index contributed by atoms with van der Waals surface area (Å²) in [5, 5.41) is 9.07. The van der Waals surface area contributed by atoms with Crippen molar-refractivity contribution in [3.63, 3.8) is 0 Å². The van der Waals surface area contributed by atoms with E-state index in [0.29, 0.717) is 11.4 Å². The van der Waals surface area contributed by atoms with Gasteiger partial charge in [-0.3, -0.25) is 0 Å². The standard InChI is InChI=1S/C11H16N2O4S/c1-13(6-7-18(2,16)17)10-8(11(14)15)4-3-5-9(10)12/h3-5H,6-7,12H2,1-2H3,(H,14,15). The zero-order chi connectivity index (χ0) is 13.9. The summed E-state index contributed by atoms with van der Waals surface area (Å²) in [6, 6.07) is 4.57. The van der Waals surface area contributed by atoms with Crippen molar-refractivity contribution in [1.29, 1.82) is 0 Å². The minimum absolute atomic E-state index is 0.0586. The number of nitrogens with two attached hydrogens (primary N) is 1. The summed E-state index contributed by atoms with van der Waals surface area (Å²) in [6.07, 6.45) is 1.13. The number of hydrogen-bond acceptors (Lipinski definition) is 5. The Kier molecular flexibility index (Phi) is 4.18. The number of nitrogen functional groups attached to an aromatic ring is 1. The molecule has 6 nitrogen and oxygen atoms in total. The first-order valence-electron chi connectivity index (χ1n) is 5.23. The predicted molar refractivity (Wildman–Crippen MR) is 70.8 cm³/mol. The second-order valence-corrected chi connectivity index (χ2v) is 6.36. The Morgan fingerprint density at radius 2 is 2.06 bits per heavy atom. The number of rotatable bonds is 5. The van der Waals surface area contributed by atoms with Crippen molar-refractivity contribution in [2.24, 2.45) is 0 Å². The molecule has 0 aliphatic heterocycles. The highest BCUT2D eigenvalue weighted by Crippen LogP contribution is 2.26. The van der Waals surface area contributed by atoms with Gasteiger partial charge in [-0.15, -0.1) is 0 Å². The number of aromatic carboxylic acids is 1.